The second-order valence-corrected chi connectivity index (χ2v) is 10.4. The van der Waals surface area contributed by atoms with Gasteiger partial charge in [-0.05, 0) is 55.4 Å². The highest BCUT2D eigenvalue weighted by Gasteiger charge is 2.43. The van der Waals surface area contributed by atoms with E-state index in [1.165, 1.54) is 54.0 Å². The molecule has 3 nitrogen and oxygen atoms in total. The molecule has 6 heteroatoms. The Bertz CT molecular complexity index is 984. The van der Waals surface area contributed by atoms with Crippen LogP contribution in [0.15, 0.2) is 56.7 Å². The Hall–Kier alpha value is -1.30. The maximum Gasteiger partial charge on any atom is 0.117 e. The van der Waals surface area contributed by atoms with Crippen molar-refractivity contribution >= 4 is 40.8 Å². The molecule has 3 aliphatic rings. The van der Waals surface area contributed by atoms with E-state index < -0.39 is 0 Å². The molecule has 2 atom stereocenters. The zero-order valence-corrected chi connectivity index (χ0v) is 18.9. The van der Waals surface area contributed by atoms with Crippen LogP contribution in [-0.4, -0.2) is 21.1 Å². The van der Waals surface area contributed by atoms with E-state index in [-0.39, 0.29) is 5.37 Å². The molecule has 0 saturated heterocycles. The van der Waals surface area contributed by atoms with Gasteiger partial charge in [0.25, 0.3) is 0 Å². The van der Waals surface area contributed by atoms with Gasteiger partial charge in [0.1, 0.15) is 16.7 Å². The third-order valence-electron chi connectivity index (χ3n) is 5.94. The number of dihydropyridines is 1. The van der Waals surface area contributed by atoms with Gasteiger partial charge in [-0.15, -0.1) is 11.8 Å². The summed E-state index contributed by atoms with van der Waals surface area (Å²) in [7, 11) is 0. The zero-order valence-electron chi connectivity index (χ0n) is 16.5. The van der Waals surface area contributed by atoms with Crippen molar-refractivity contribution in [1.82, 2.24) is 9.97 Å². The topological polar surface area (TPSA) is 38.1 Å². The number of halogens is 1. The molecule has 0 bridgehead atoms. The zero-order chi connectivity index (χ0) is 19.8. The van der Waals surface area contributed by atoms with Gasteiger partial charge in [0.15, 0.2) is 0 Å². The highest BCUT2D eigenvalue weighted by molar-refractivity contribution is 8.02. The van der Waals surface area contributed by atoms with E-state index in [0.717, 1.165) is 22.2 Å². The van der Waals surface area contributed by atoms with Gasteiger partial charge in [-0.2, -0.15) is 0 Å². The number of hydrogen-bond donors (Lipinski definition) is 0. The van der Waals surface area contributed by atoms with Crippen molar-refractivity contribution in [2.24, 2.45) is 4.99 Å². The monoisotopic (exact) mass is 441 g/mol. The van der Waals surface area contributed by atoms with Crippen molar-refractivity contribution in [3.05, 3.63) is 58.0 Å². The molecule has 1 aromatic heterocycles. The fourth-order valence-corrected chi connectivity index (χ4v) is 7.14. The number of rotatable bonds is 6. The van der Waals surface area contributed by atoms with Crippen molar-refractivity contribution in [3.8, 4) is 0 Å². The summed E-state index contributed by atoms with van der Waals surface area (Å²) in [5.74, 6) is 1.24. The van der Waals surface area contributed by atoms with Gasteiger partial charge >= 0.3 is 0 Å². The largest absolute Gasteiger partial charge is 0.274 e. The lowest BCUT2D eigenvalue weighted by atomic mass is 9.87. The molecule has 0 N–H and O–H groups in total. The quantitative estimate of drug-likeness (QED) is 0.355. The van der Waals surface area contributed by atoms with Crippen LogP contribution in [0.2, 0.25) is 5.02 Å². The standard InChI is InChI=1S/C23H24ClN3S2/c1-2-3-7-18-16-5-4-6-17(16)19-20-21(29-22(19)27-18)23(26-13-25-20)28-12-14-8-10-15(24)11-9-14/h8-11,13,19,22H,2-7,12H2,1H3/t19-,22-/m0/s1. The van der Waals surface area contributed by atoms with E-state index in [2.05, 4.69) is 24.0 Å². The number of fused-ring (bicyclic) bond motifs is 4. The molecule has 2 aromatic rings. The fraction of sp³-hybridized carbons (Fsp3) is 0.435. The minimum absolute atomic E-state index is 0.250. The van der Waals surface area contributed by atoms with Gasteiger partial charge in [0.2, 0.25) is 0 Å². The number of unbranched alkanes of at least 4 members (excludes halogenated alkanes) is 1. The molecule has 5 rings (SSSR count). The van der Waals surface area contributed by atoms with Gasteiger partial charge in [-0.1, -0.05) is 54.4 Å². The molecule has 0 fully saturated rings. The Morgan fingerprint density at radius 3 is 2.86 bits per heavy atom. The van der Waals surface area contributed by atoms with Gasteiger partial charge < -0.3 is 0 Å². The molecular weight excluding hydrogens is 418 g/mol. The van der Waals surface area contributed by atoms with Crippen LogP contribution in [0.5, 0.6) is 0 Å². The van der Waals surface area contributed by atoms with Crippen LogP contribution in [0.1, 0.15) is 62.6 Å². The Morgan fingerprint density at radius 1 is 1.17 bits per heavy atom. The van der Waals surface area contributed by atoms with Crippen LogP contribution < -0.4 is 0 Å². The van der Waals surface area contributed by atoms with E-state index in [1.54, 1.807) is 29.2 Å². The maximum absolute atomic E-state index is 6.02. The molecule has 1 aliphatic carbocycles. The van der Waals surface area contributed by atoms with Crippen LogP contribution in [-0.2, 0) is 5.75 Å². The second kappa shape index (κ2) is 8.44. The van der Waals surface area contributed by atoms with Crippen molar-refractivity contribution in [2.75, 3.05) is 0 Å². The summed E-state index contributed by atoms with van der Waals surface area (Å²) < 4.78 is 0. The van der Waals surface area contributed by atoms with Crippen LogP contribution in [0, 0.1) is 0 Å². The highest BCUT2D eigenvalue weighted by atomic mass is 35.5. The van der Waals surface area contributed by atoms with Crippen molar-refractivity contribution < 1.29 is 0 Å². The number of aliphatic imine (C=N–C) groups is 1. The Labute approximate surface area is 185 Å². The Morgan fingerprint density at radius 2 is 2.03 bits per heavy atom. The van der Waals surface area contributed by atoms with Crippen LogP contribution in [0.3, 0.4) is 0 Å². The maximum atomic E-state index is 6.02. The smallest absolute Gasteiger partial charge is 0.117 e. The first kappa shape index (κ1) is 19.7. The van der Waals surface area contributed by atoms with Crippen molar-refractivity contribution in [1.29, 1.82) is 0 Å². The SMILES string of the molecule is CCCCC1=N[C@H]2Sc3c(SCc4ccc(Cl)cc4)ncnc3[C@@H]2C2=C1CCC2. The first-order chi connectivity index (χ1) is 14.2. The van der Waals surface area contributed by atoms with Gasteiger partial charge in [0.05, 0.1) is 16.5 Å². The Kier molecular flexibility index (Phi) is 5.72. The van der Waals surface area contributed by atoms with Crippen molar-refractivity contribution in [3.63, 3.8) is 0 Å². The van der Waals surface area contributed by atoms with Crippen LogP contribution in [0.4, 0.5) is 0 Å². The number of nitrogens with zero attached hydrogens (tertiary/aromatic N) is 3. The summed E-state index contributed by atoms with van der Waals surface area (Å²) >= 11 is 9.69. The average Bonchev–Trinajstić information content (AvgIpc) is 3.36. The average molecular weight is 442 g/mol. The number of allylic oxidation sites excluding steroid dienone is 1. The van der Waals surface area contributed by atoms with Gasteiger partial charge in [-0.25, -0.2) is 9.97 Å². The summed E-state index contributed by atoms with van der Waals surface area (Å²) in [4.78, 5) is 15.9. The molecule has 0 unspecified atom stereocenters. The van der Waals surface area contributed by atoms with Gasteiger partial charge in [-0.3, -0.25) is 4.99 Å². The predicted octanol–water partition coefficient (Wildman–Crippen LogP) is 7.06. The van der Waals surface area contributed by atoms with E-state index in [0.29, 0.717) is 5.92 Å². The first-order valence-electron chi connectivity index (χ1n) is 10.4. The molecule has 0 saturated carbocycles. The lowest BCUT2D eigenvalue weighted by Crippen LogP contribution is -2.21. The minimum atomic E-state index is 0.250. The molecule has 2 aliphatic heterocycles. The lowest BCUT2D eigenvalue weighted by Gasteiger charge is -2.26. The molecule has 1 aromatic carbocycles. The lowest BCUT2D eigenvalue weighted by molar-refractivity contribution is 0.687. The Balaban J connectivity index is 1.42. The summed E-state index contributed by atoms with van der Waals surface area (Å²) in [5.41, 5.74) is 7.02. The third-order valence-corrected chi connectivity index (χ3v) is 8.64. The number of thioether (sulfide) groups is 2. The summed E-state index contributed by atoms with van der Waals surface area (Å²) in [6.07, 6.45) is 9.00. The van der Waals surface area contributed by atoms with Crippen LogP contribution in [0.25, 0.3) is 0 Å². The predicted molar refractivity (Wildman–Crippen MR) is 123 cm³/mol. The van der Waals surface area contributed by atoms with Gasteiger partial charge in [0, 0.05) is 16.5 Å². The second-order valence-electron chi connectivity index (χ2n) is 7.83. The normalized spacial score (nSPS) is 22.3. The van der Waals surface area contributed by atoms with E-state index in [1.807, 2.05) is 23.9 Å². The third kappa shape index (κ3) is 3.77. The van der Waals surface area contributed by atoms with E-state index in [9.17, 15) is 0 Å². The minimum Gasteiger partial charge on any atom is -0.274 e. The highest BCUT2D eigenvalue weighted by Crippen LogP contribution is 2.56. The van der Waals surface area contributed by atoms with Crippen molar-refractivity contribution in [2.45, 2.75) is 72.4 Å². The summed E-state index contributed by atoms with van der Waals surface area (Å²) in [6, 6.07) is 8.07. The van der Waals surface area contributed by atoms with E-state index >= 15 is 0 Å². The van der Waals surface area contributed by atoms with E-state index in [4.69, 9.17) is 21.6 Å². The number of hydrogen-bond acceptors (Lipinski definition) is 5. The molecular formula is C23H24ClN3S2. The number of aromatic nitrogens is 2. The summed E-state index contributed by atoms with van der Waals surface area (Å²) in [6.45, 7) is 2.26. The molecule has 0 amide bonds. The van der Waals surface area contributed by atoms with Crippen LogP contribution >= 0.6 is 35.1 Å². The number of benzene rings is 1. The molecule has 0 spiro atoms. The molecule has 29 heavy (non-hydrogen) atoms. The molecule has 0 radical (unpaired) electrons. The summed E-state index contributed by atoms with van der Waals surface area (Å²) in [5, 5.41) is 2.12. The molecule has 150 valence electrons. The first-order valence-corrected chi connectivity index (χ1v) is 12.7. The fourth-order valence-electron chi connectivity index (χ4n) is 4.53. The molecule has 3 heterocycles.